The minimum absolute atomic E-state index is 0.175. The molecule has 0 aliphatic heterocycles. The highest BCUT2D eigenvalue weighted by atomic mass is 79.9. The molecule has 1 atom stereocenters. The minimum atomic E-state index is 0.175. The lowest BCUT2D eigenvalue weighted by atomic mass is 10.1. The first kappa shape index (κ1) is 12.6. The summed E-state index contributed by atoms with van der Waals surface area (Å²) in [6, 6.07) is 8.43. The summed E-state index contributed by atoms with van der Waals surface area (Å²) in [6.07, 6.45) is 2.68. The number of nitrogen functional groups attached to an aromatic ring is 1. The Kier molecular flexibility index (Phi) is 3.89. The van der Waals surface area contributed by atoms with Gasteiger partial charge in [0.05, 0.1) is 16.7 Å². The van der Waals surface area contributed by atoms with Gasteiger partial charge >= 0.3 is 0 Å². The molecule has 90 valence electrons. The maximum atomic E-state index is 5.99. The second-order valence-corrected chi connectivity index (χ2v) is 5.57. The molecule has 0 amide bonds. The zero-order valence-electron chi connectivity index (χ0n) is 9.40. The molecule has 0 radical (unpaired) electrons. The number of hydrogen-bond acceptors (Lipinski definition) is 2. The molecule has 2 rings (SSSR count). The van der Waals surface area contributed by atoms with E-state index in [9.17, 15) is 0 Å². The molecule has 2 N–H and O–H groups in total. The number of hydrogen-bond donors (Lipinski definition) is 1. The summed E-state index contributed by atoms with van der Waals surface area (Å²) < 4.78 is 3.77. The van der Waals surface area contributed by atoms with Crippen LogP contribution in [0, 0.1) is 0 Å². The van der Waals surface area contributed by atoms with Gasteiger partial charge in [-0.3, -0.25) is 0 Å². The van der Waals surface area contributed by atoms with Crippen LogP contribution in [0.4, 0.5) is 5.82 Å². The number of anilines is 1. The highest BCUT2D eigenvalue weighted by Crippen LogP contribution is 2.28. The zero-order valence-corrected chi connectivity index (χ0v) is 12.6. The molecule has 1 aromatic carbocycles. The van der Waals surface area contributed by atoms with Gasteiger partial charge in [-0.15, -0.1) is 0 Å². The summed E-state index contributed by atoms with van der Waals surface area (Å²) in [5.74, 6) is 0.666. The van der Waals surface area contributed by atoms with Gasteiger partial charge in [0.1, 0.15) is 5.82 Å². The predicted octanol–water partition coefficient (Wildman–Crippen LogP) is 3.99. The average molecular weight is 359 g/mol. The summed E-state index contributed by atoms with van der Waals surface area (Å²) in [7, 11) is 0. The van der Waals surface area contributed by atoms with E-state index in [4.69, 9.17) is 5.73 Å². The molecule has 1 unspecified atom stereocenters. The number of nitrogens with zero attached hydrogens (tertiary/aromatic N) is 2. The van der Waals surface area contributed by atoms with Crippen molar-refractivity contribution in [3.8, 4) is 0 Å². The van der Waals surface area contributed by atoms with Crippen LogP contribution < -0.4 is 5.73 Å². The van der Waals surface area contributed by atoms with E-state index >= 15 is 0 Å². The van der Waals surface area contributed by atoms with Crippen molar-refractivity contribution >= 4 is 37.7 Å². The maximum absolute atomic E-state index is 5.99. The lowest BCUT2D eigenvalue weighted by Crippen LogP contribution is -2.13. The van der Waals surface area contributed by atoms with Gasteiger partial charge in [-0.05, 0) is 40.0 Å². The summed E-state index contributed by atoms with van der Waals surface area (Å²) in [5.41, 5.74) is 7.20. The second-order valence-electron chi connectivity index (χ2n) is 3.80. The van der Waals surface area contributed by atoms with Crippen molar-refractivity contribution in [1.29, 1.82) is 0 Å². The predicted molar refractivity (Wildman–Crippen MR) is 76.9 cm³/mol. The van der Waals surface area contributed by atoms with E-state index in [0.717, 1.165) is 15.4 Å². The molecule has 0 bridgehead atoms. The molecule has 2 aromatic rings. The Morgan fingerprint density at radius 1 is 1.29 bits per heavy atom. The number of benzene rings is 1. The van der Waals surface area contributed by atoms with Crippen molar-refractivity contribution < 1.29 is 0 Å². The lowest BCUT2D eigenvalue weighted by molar-refractivity contribution is 0.516. The summed E-state index contributed by atoms with van der Waals surface area (Å²) >= 11 is 6.82. The van der Waals surface area contributed by atoms with Crippen LogP contribution in [0.1, 0.15) is 24.9 Å². The molecule has 0 fully saturated rings. The molecule has 1 aromatic heterocycles. The fourth-order valence-corrected chi connectivity index (χ4v) is 2.37. The van der Waals surface area contributed by atoms with Crippen LogP contribution in [0.25, 0.3) is 0 Å². The zero-order chi connectivity index (χ0) is 12.4. The third kappa shape index (κ3) is 2.55. The molecule has 0 aliphatic rings. The van der Waals surface area contributed by atoms with Gasteiger partial charge in [-0.2, -0.15) is 5.10 Å². The minimum Gasteiger partial charge on any atom is -0.383 e. The number of halogens is 2. The monoisotopic (exact) mass is 357 g/mol. The quantitative estimate of drug-likeness (QED) is 0.901. The Morgan fingerprint density at radius 2 is 1.94 bits per heavy atom. The number of nitrogens with two attached hydrogens (primary N) is 1. The van der Waals surface area contributed by atoms with Crippen LogP contribution in [-0.4, -0.2) is 9.78 Å². The third-order valence-electron chi connectivity index (χ3n) is 2.72. The van der Waals surface area contributed by atoms with E-state index in [2.05, 4.69) is 56.0 Å². The second kappa shape index (κ2) is 5.23. The fraction of sp³-hybridized carbons (Fsp3) is 0.250. The molecule has 0 aliphatic carbocycles. The van der Waals surface area contributed by atoms with Crippen molar-refractivity contribution in [2.75, 3.05) is 5.73 Å². The van der Waals surface area contributed by atoms with E-state index < -0.39 is 0 Å². The Morgan fingerprint density at radius 3 is 2.41 bits per heavy atom. The van der Waals surface area contributed by atoms with E-state index in [1.54, 1.807) is 6.20 Å². The molecule has 17 heavy (non-hydrogen) atoms. The molecule has 0 saturated carbocycles. The first-order valence-corrected chi connectivity index (χ1v) is 6.96. The molecule has 0 saturated heterocycles. The van der Waals surface area contributed by atoms with E-state index in [0.29, 0.717) is 5.82 Å². The van der Waals surface area contributed by atoms with Gasteiger partial charge in [-0.25, -0.2) is 4.68 Å². The lowest BCUT2D eigenvalue weighted by Gasteiger charge is -2.17. The summed E-state index contributed by atoms with van der Waals surface area (Å²) in [4.78, 5) is 0. The first-order chi connectivity index (χ1) is 8.13. The van der Waals surface area contributed by atoms with Gasteiger partial charge in [0.15, 0.2) is 0 Å². The summed E-state index contributed by atoms with van der Waals surface area (Å²) in [6.45, 7) is 2.13. The Labute approximate surface area is 117 Å². The highest BCUT2D eigenvalue weighted by Gasteiger charge is 2.16. The Bertz CT molecular complexity index is 505. The summed E-state index contributed by atoms with van der Waals surface area (Å²) in [5, 5.41) is 4.32. The largest absolute Gasteiger partial charge is 0.383 e. The third-order valence-corrected chi connectivity index (χ3v) is 3.86. The van der Waals surface area contributed by atoms with Crippen molar-refractivity contribution in [1.82, 2.24) is 9.78 Å². The van der Waals surface area contributed by atoms with Crippen molar-refractivity contribution in [3.63, 3.8) is 0 Å². The molecule has 1 heterocycles. The maximum Gasteiger partial charge on any atom is 0.136 e. The van der Waals surface area contributed by atoms with Gasteiger partial charge in [0.25, 0.3) is 0 Å². The van der Waals surface area contributed by atoms with Crippen LogP contribution in [0.2, 0.25) is 0 Å². The molecular weight excluding hydrogens is 346 g/mol. The standard InChI is InChI=1S/C12H13Br2N3/c1-2-11(8-3-5-9(13)6-4-8)17-12(15)10(14)7-16-17/h3-7,11H,2,15H2,1H3. The smallest absolute Gasteiger partial charge is 0.136 e. The highest BCUT2D eigenvalue weighted by molar-refractivity contribution is 9.10. The Balaban J connectivity index is 2.40. The first-order valence-electron chi connectivity index (χ1n) is 5.37. The van der Waals surface area contributed by atoms with Gasteiger partial charge in [0.2, 0.25) is 0 Å². The molecule has 5 heteroatoms. The fourth-order valence-electron chi connectivity index (χ4n) is 1.83. The van der Waals surface area contributed by atoms with E-state index in [1.165, 1.54) is 5.56 Å². The molecule has 0 spiro atoms. The van der Waals surface area contributed by atoms with Crippen LogP contribution in [0.3, 0.4) is 0 Å². The van der Waals surface area contributed by atoms with Crippen LogP contribution in [0.15, 0.2) is 39.4 Å². The molecule has 3 nitrogen and oxygen atoms in total. The van der Waals surface area contributed by atoms with Crippen LogP contribution in [0.5, 0.6) is 0 Å². The van der Waals surface area contributed by atoms with Crippen molar-refractivity contribution in [2.45, 2.75) is 19.4 Å². The topological polar surface area (TPSA) is 43.8 Å². The van der Waals surface area contributed by atoms with Gasteiger partial charge in [-0.1, -0.05) is 35.0 Å². The van der Waals surface area contributed by atoms with Crippen molar-refractivity contribution in [2.24, 2.45) is 0 Å². The van der Waals surface area contributed by atoms with Gasteiger partial charge in [0, 0.05) is 4.47 Å². The normalized spacial score (nSPS) is 12.6. The van der Waals surface area contributed by atoms with Gasteiger partial charge < -0.3 is 5.73 Å². The Hall–Kier alpha value is -0.810. The van der Waals surface area contributed by atoms with Crippen LogP contribution >= 0.6 is 31.9 Å². The SMILES string of the molecule is CCC(c1ccc(Br)cc1)n1ncc(Br)c1N. The van der Waals surface area contributed by atoms with Crippen LogP contribution in [-0.2, 0) is 0 Å². The average Bonchev–Trinajstić information content (AvgIpc) is 2.65. The van der Waals surface area contributed by atoms with E-state index in [-0.39, 0.29) is 6.04 Å². The van der Waals surface area contributed by atoms with Crippen molar-refractivity contribution in [3.05, 3.63) is 45.0 Å². The molecular formula is C12H13Br2N3. The number of aromatic nitrogens is 2. The number of rotatable bonds is 3. The van der Waals surface area contributed by atoms with E-state index in [1.807, 2.05) is 16.8 Å².